The van der Waals surface area contributed by atoms with Crippen LogP contribution in [0.2, 0.25) is 0 Å². The van der Waals surface area contributed by atoms with E-state index in [1.54, 1.807) is 0 Å². The maximum Gasteiger partial charge on any atom is 0.231 e. The minimum Gasteiger partial charge on any atom is -0.225 e. The molecule has 0 rings (SSSR count). The van der Waals surface area contributed by atoms with E-state index in [0.717, 1.165) is 5.41 Å². The Bertz CT molecular complexity index is 190. The summed E-state index contributed by atoms with van der Waals surface area (Å²) in [6.45, 7) is 3.26. The third-order valence-corrected chi connectivity index (χ3v) is 0.941. The van der Waals surface area contributed by atoms with Crippen molar-refractivity contribution in [2.75, 3.05) is 0 Å². The Labute approximate surface area is 48.6 Å². The molecule has 4 heteroatoms. The van der Waals surface area contributed by atoms with Crippen molar-refractivity contribution in [3.05, 3.63) is 24.1 Å². The van der Waals surface area contributed by atoms with Gasteiger partial charge in [-0.1, -0.05) is 18.7 Å². The first-order valence-corrected chi connectivity index (χ1v) is 3.49. The van der Waals surface area contributed by atoms with Gasteiger partial charge in [0, 0.05) is 5.41 Å². The van der Waals surface area contributed by atoms with Crippen molar-refractivity contribution in [1.82, 2.24) is 0 Å². The lowest BCUT2D eigenvalue weighted by Gasteiger charge is -1.78. The highest BCUT2D eigenvalue weighted by atomic mass is 32.2. The van der Waals surface area contributed by atoms with Crippen molar-refractivity contribution < 1.29 is 8.42 Å². The molecule has 0 aromatic heterocycles. The van der Waals surface area contributed by atoms with Gasteiger partial charge in [0.15, 0.2) is 0 Å². The molecule has 0 aromatic carbocycles. The zero-order valence-electron chi connectivity index (χ0n) is 4.24. The molecule has 8 heavy (non-hydrogen) atoms. The first-order chi connectivity index (χ1) is 3.56. The van der Waals surface area contributed by atoms with Crippen molar-refractivity contribution in [2.45, 2.75) is 0 Å². The van der Waals surface area contributed by atoms with E-state index in [0.29, 0.717) is 0 Å². The van der Waals surface area contributed by atoms with Gasteiger partial charge in [-0.3, -0.25) is 0 Å². The lowest BCUT2D eigenvalue weighted by Crippen LogP contribution is -2.06. The fraction of sp³-hybridized carbons (Fsp3) is 0. The largest absolute Gasteiger partial charge is 0.231 e. The molecular formula is C4H7NO2S. The number of hydrogen-bond acceptors (Lipinski definition) is 2. The molecule has 0 aliphatic heterocycles. The van der Waals surface area contributed by atoms with Crippen LogP contribution in [0.4, 0.5) is 0 Å². The number of sulfonamides is 1. The second kappa shape index (κ2) is 2.64. The molecule has 0 bridgehead atoms. The van der Waals surface area contributed by atoms with Crippen LogP contribution >= 0.6 is 0 Å². The summed E-state index contributed by atoms with van der Waals surface area (Å²) in [5.74, 6) is 0. The van der Waals surface area contributed by atoms with Gasteiger partial charge in [-0.05, 0) is 0 Å². The minimum absolute atomic E-state index is 0.875. The van der Waals surface area contributed by atoms with Crippen LogP contribution in [0.5, 0.6) is 0 Å². The summed E-state index contributed by atoms with van der Waals surface area (Å²) in [6.07, 6.45) is 2.60. The highest BCUT2D eigenvalue weighted by Gasteiger charge is 1.88. The smallest absolute Gasteiger partial charge is 0.225 e. The highest BCUT2D eigenvalue weighted by Crippen LogP contribution is 1.78. The lowest BCUT2D eigenvalue weighted by atomic mass is 10.6. The third-order valence-electron chi connectivity index (χ3n) is 0.404. The maximum atomic E-state index is 10.0. The standard InChI is InChI=1S/C4H7NO2S/c1-2-3-4-8(5,6)7/h2-4H,1H2,(H2,5,6,7)/b4-3+. The quantitative estimate of drug-likeness (QED) is 0.538. The zero-order valence-corrected chi connectivity index (χ0v) is 5.06. The topological polar surface area (TPSA) is 60.2 Å². The predicted molar refractivity (Wildman–Crippen MR) is 32.4 cm³/mol. The SMILES string of the molecule is C=C/C=C/S(N)(=O)=O. The Morgan fingerprint density at radius 3 is 2.12 bits per heavy atom. The van der Waals surface area contributed by atoms with Crippen LogP contribution < -0.4 is 5.14 Å². The van der Waals surface area contributed by atoms with Crippen LogP contribution in [0.25, 0.3) is 0 Å². The van der Waals surface area contributed by atoms with E-state index in [1.807, 2.05) is 0 Å². The molecule has 0 spiro atoms. The first kappa shape index (κ1) is 7.39. The van der Waals surface area contributed by atoms with E-state index >= 15 is 0 Å². The van der Waals surface area contributed by atoms with Crippen molar-refractivity contribution in [1.29, 1.82) is 0 Å². The summed E-state index contributed by atoms with van der Waals surface area (Å²) in [6, 6.07) is 0. The van der Waals surface area contributed by atoms with E-state index in [9.17, 15) is 8.42 Å². The molecule has 0 atom stereocenters. The van der Waals surface area contributed by atoms with Crippen molar-refractivity contribution in [2.24, 2.45) is 5.14 Å². The van der Waals surface area contributed by atoms with Gasteiger partial charge in [0.25, 0.3) is 0 Å². The first-order valence-electron chi connectivity index (χ1n) is 1.88. The van der Waals surface area contributed by atoms with E-state index in [1.165, 1.54) is 12.2 Å². The molecule has 0 unspecified atom stereocenters. The number of allylic oxidation sites excluding steroid dienone is 2. The van der Waals surface area contributed by atoms with Crippen LogP contribution in [0.15, 0.2) is 24.1 Å². The monoisotopic (exact) mass is 133 g/mol. The van der Waals surface area contributed by atoms with Gasteiger partial charge in [0.2, 0.25) is 10.0 Å². The van der Waals surface area contributed by atoms with Crippen LogP contribution in [0.3, 0.4) is 0 Å². The molecule has 0 saturated carbocycles. The Morgan fingerprint density at radius 1 is 1.50 bits per heavy atom. The molecule has 0 saturated heterocycles. The van der Waals surface area contributed by atoms with E-state index < -0.39 is 10.0 Å². The molecule has 0 heterocycles. The molecule has 0 aromatic rings. The van der Waals surface area contributed by atoms with Crippen molar-refractivity contribution in [3.8, 4) is 0 Å². The maximum absolute atomic E-state index is 10.0. The summed E-state index contributed by atoms with van der Waals surface area (Å²) < 4.78 is 20.1. The Hall–Kier alpha value is -0.610. The van der Waals surface area contributed by atoms with Crippen LogP contribution in [-0.2, 0) is 10.0 Å². The van der Waals surface area contributed by atoms with E-state index in [4.69, 9.17) is 0 Å². The second-order valence-electron chi connectivity index (χ2n) is 1.15. The van der Waals surface area contributed by atoms with Gasteiger partial charge in [-0.15, -0.1) is 0 Å². The molecule has 2 N–H and O–H groups in total. The van der Waals surface area contributed by atoms with Crippen molar-refractivity contribution in [3.63, 3.8) is 0 Å². The van der Waals surface area contributed by atoms with E-state index in [-0.39, 0.29) is 0 Å². The molecule has 3 nitrogen and oxygen atoms in total. The molecule has 0 aliphatic carbocycles. The van der Waals surface area contributed by atoms with Gasteiger partial charge in [0.1, 0.15) is 0 Å². The van der Waals surface area contributed by atoms with E-state index in [2.05, 4.69) is 11.7 Å². The van der Waals surface area contributed by atoms with Crippen LogP contribution in [-0.4, -0.2) is 8.42 Å². The average Bonchev–Trinajstić information content (AvgIpc) is 1.59. The number of hydrogen-bond donors (Lipinski definition) is 1. The summed E-state index contributed by atoms with van der Waals surface area (Å²) in [5, 5.41) is 5.43. The molecular weight excluding hydrogens is 126 g/mol. The average molecular weight is 133 g/mol. The Morgan fingerprint density at radius 2 is 2.00 bits per heavy atom. The van der Waals surface area contributed by atoms with Gasteiger partial charge in [0.05, 0.1) is 0 Å². The minimum atomic E-state index is -3.44. The molecule has 0 radical (unpaired) electrons. The normalized spacial score (nSPS) is 12.1. The predicted octanol–water partition coefficient (Wildman–Crippen LogP) is -0.0254. The molecule has 46 valence electrons. The fourth-order valence-corrected chi connectivity index (χ4v) is 0.495. The highest BCUT2D eigenvalue weighted by molar-refractivity contribution is 7.92. The van der Waals surface area contributed by atoms with Gasteiger partial charge in [-0.2, -0.15) is 0 Å². The number of primary sulfonamides is 1. The molecule has 0 amide bonds. The molecule has 0 aliphatic rings. The Kier molecular flexibility index (Phi) is 2.44. The zero-order chi connectivity index (χ0) is 6.62. The molecule has 0 fully saturated rings. The summed E-state index contributed by atoms with van der Waals surface area (Å²) in [5.41, 5.74) is 0. The van der Waals surface area contributed by atoms with Gasteiger partial charge in [-0.25, -0.2) is 13.6 Å². The fourth-order valence-electron chi connectivity index (χ4n) is 0.165. The summed E-state index contributed by atoms with van der Waals surface area (Å²) in [4.78, 5) is 0. The van der Waals surface area contributed by atoms with Crippen LogP contribution in [0, 0.1) is 0 Å². The lowest BCUT2D eigenvalue weighted by molar-refractivity contribution is 0.606. The van der Waals surface area contributed by atoms with Crippen LogP contribution in [0.1, 0.15) is 0 Å². The third kappa shape index (κ3) is 5.39. The summed E-state index contributed by atoms with van der Waals surface area (Å²) in [7, 11) is -3.44. The number of rotatable bonds is 2. The van der Waals surface area contributed by atoms with Gasteiger partial charge >= 0.3 is 0 Å². The van der Waals surface area contributed by atoms with Crippen molar-refractivity contribution >= 4 is 10.0 Å². The van der Waals surface area contributed by atoms with Gasteiger partial charge < -0.3 is 0 Å². The number of nitrogens with two attached hydrogens (primary N) is 1. The summed E-state index contributed by atoms with van der Waals surface area (Å²) >= 11 is 0. The Balaban J connectivity index is 4.12. The second-order valence-corrected chi connectivity index (χ2v) is 2.60.